The Bertz CT molecular complexity index is 414. The molecule has 1 fully saturated rings. The number of benzene rings is 1. The van der Waals surface area contributed by atoms with E-state index in [0.717, 1.165) is 22.9 Å². The van der Waals surface area contributed by atoms with Crippen molar-refractivity contribution in [2.45, 2.75) is 31.7 Å². The summed E-state index contributed by atoms with van der Waals surface area (Å²) in [5, 5.41) is 3.50. The summed E-state index contributed by atoms with van der Waals surface area (Å²) in [5.74, 6) is 1.55. The quantitative estimate of drug-likeness (QED) is 0.771. The highest BCUT2D eigenvalue weighted by Crippen LogP contribution is 2.38. The Balaban J connectivity index is 1.83. The van der Waals surface area contributed by atoms with Crippen molar-refractivity contribution in [3.63, 3.8) is 0 Å². The van der Waals surface area contributed by atoms with E-state index in [4.69, 9.17) is 15.2 Å². The first-order valence-electron chi connectivity index (χ1n) is 6.28. The molecule has 4 heteroatoms. The van der Waals surface area contributed by atoms with Gasteiger partial charge in [-0.3, -0.25) is 0 Å². The van der Waals surface area contributed by atoms with Crippen molar-refractivity contribution < 1.29 is 9.47 Å². The molecule has 1 aromatic carbocycles. The second-order valence-electron chi connectivity index (χ2n) is 4.71. The van der Waals surface area contributed by atoms with Crippen LogP contribution >= 0.6 is 0 Å². The third-order valence-corrected chi connectivity index (χ3v) is 3.43. The van der Waals surface area contributed by atoms with Crippen LogP contribution in [0.3, 0.4) is 0 Å². The molecule has 1 saturated carbocycles. The smallest absolute Gasteiger partial charge is 0.163 e. The molecule has 0 radical (unpaired) electrons. The number of nitrogen functional groups attached to an aromatic ring is 1. The van der Waals surface area contributed by atoms with Crippen LogP contribution in [0.15, 0.2) is 12.1 Å². The van der Waals surface area contributed by atoms with Gasteiger partial charge in [-0.2, -0.15) is 0 Å². The first-order valence-corrected chi connectivity index (χ1v) is 6.28. The van der Waals surface area contributed by atoms with Crippen LogP contribution in [0.4, 0.5) is 11.4 Å². The van der Waals surface area contributed by atoms with E-state index >= 15 is 0 Å². The summed E-state index contributed by atoms with van der Waals surface area (Å²) in [6.07, 6.45) is 5.08. The lowest BCUT2D eigenvalue weighted by atomic mass is 10.2. The fourth-order valence-electron chi connectivity index (χ4n) is 2.52. The van der Waals surface area contributed by atoms with Crippen LogP contribution in [0.25, 0.3) is 0 Å². The van der Waals surface area contributed by atoms with Gasteiger partial charge in [-0.25, -0.2) is 0 Å². The number of rotatable bonds is 2. The Labute approximate surface area is 101 Å². The van der Waals surface area contributed by atoms with Gasteiger partial charge in [0.05, 0.1) is 11.4 Å². The first-order chi connectivity index (χ1) is 8.33. The summed E-state index contributed by atoms with van der Waals surface area (Å²) in [4.78, 5) is 0. The van der Waals surface area contributed by atoms with Crippen molar-refractivity contribution >= 4 is 11.4 Å². The molecule has 0 aromatic heterocycles. The van der Waals surface area contributed by atoms with Crippen LogP contribution in [0.1, 0.15) is 25.7 Å². The van der Waals surface area contributed by atoms with Gasteiger partial charge in [0.2, 0.25) is 0 Å². The summed E-state index contributed by atoms with van der Waals surface area (Å²) >= 11 is 0. The summed E-state index contributed by atoms with van der Waals surface area (Å²) < 4.78 is 11.1. The maximum absolute atomic E-state index is 6.02. The minimum atomic E-state index is 0.555. The van der Waals surface area contributed by atoms with Crippen LogP contribution < -0.4 is 20.5 Å². The van der Waals surface area contributed by atoms with Crippen LogP contribution in [0, 0.1) is 0 Å². The molecule has 0 unspecified atom stereocenters. The number of nitrogens with two attached hydrogens (primary N) is 1. The third kappa shape index (κ3) is 2.12. The largest absolute Gasteiger partial charge is 0.486 e. The second kappa shape index (κ2) is 4.35. The van der Waals surface area contributed by atoms with Crippen LogP contribution in [0.5, 0.6) is 11.5 Å². The normalized spacial score (nSPS) is 19.3. The van der Waals surface area contributed by atoms with E-state index in [0.29, 0.717) is 19.3 Å². The van der Waals surface area contributed by atoms with Crippen molar-refractivity contribution in [2.24, 2.45) is 0 Å². The molecule has 0 atom stereocenters. The summed E-state index contributed by atoms with van der Waals surface area (Å²) in [6.45, 7) is 1.21. The molecule has 1 heterocycles. The molecule has 92 valence electrons. The third-order valence-electron chi connectivity index (χ3n) is 3.43. The highest BCUT2D eigenvalue weighted by atomic mass is 16.6. The minimum absolute atomic E-state index is 0.555. The summed E-state index contributed by atoms with van der Waals surface area (Å²) in [5.41, 5.74) is 7.74. The van der Waals surface area contributed by atoms with Gasteiger partial charge in [0.15, 0.2) is 11.5 Å². The lowest BCUT2D eigenvalue weighted by Crippen LogP contribution is -2.18. The maximum Gasteiger partial charge on any atom is 0.163 e. The van der Waals surface area contributed by atoms with Gasteiger partial charge in [-0.15, -0.1) is 0 Å². The van der Waals surface area contributed by atoms with E-state index in [2.05, 4.69) is 5.32 Å². The topological polar surface area (TPSA) is 56.5 Å². The molecule has 1 aromatic rings. The van der Waals surface area contributed by atoms with E-state index in [9.17, 15) is 0 Å². The van der Waals surface area contributed by atoms with Crippen LogP contribution in [0.2, 0.25) is 0 Å². The Morgan fingerprint density at radius 1 is 1.06 bits per heavy atom. The Hall–Kier alpha value is -1.58. The zero-order chi connectivity index (χ0) is 11.7. The molecular formula is C13H18N2O2. The van der Waals surface area contributed by atoms with E-state index in [1.807, 2.05) is 12.1 Å². The van der Waals surface area contributed by atoms with E-state index in [-0.39, 0.29) is 0 Å². The number of hydrogen-bond donors (Lipinski definition) is 2. The molecule has 2 aliphatic rings. The van der Waals surface area contributed by atoms with E-state index in [1.54, 1.807) is 0 Å². The Morgan fingerprint density at radius 2 is 1.71 bits per heavy atom. The standard InChI is InChI=1S/C13H18N2O2/c14-10-7-12-13(17-6-5-16-12)8-11(10)15-9-3-1-2-4-9/h7-9,15H,1-6,14H2. The molecule has 0 bridgehead atoms. The molecule has 1 aliphatic carbocycles. The first kappa shape index (κ1) is 10.6. The molecule has 0 amide bonds. The lowest BCUT2D eigenvalue weighted by Gasteiger charge is -2.22. The average molecular weight is 234 g/mol. The second-order valence-corrected chi connectivity index (χ2v) is 4.71. The van der Waals surface area contributed by atoms with Crippen LogP contribution in [-0.2, 0) is 0 Å². The molecule has 0 saturated heterocycles. The Kier molecular flexibility index (Phi) is 2.71. The number of fused-ring (bicyclic) bond motifs is 1. The van der Waals surface area contributed by atoms with Crippen molar-refractivity contribution in [1.82, 2.24) is 0 Å². The van der Waals surface area contributed by atoms with Gasteiger partial charge in [0.1, 0.15) is 13.2 Å². The maximum atomic E-state index is 6.02. The highest BCUT2D eigenvalue weighted by molar-refractivity contribution is 5.72. The lowest BCUT2D eigenvalue weighted by molar-refractivity contribution is 0.172. The Morgan fingerprint density at radius 3 is 2.41 bits per heavy atom. The fraction of sp³-hybridized carbons (Fsp3) is 0.538. The predicted octanol–water partition coefficient (Wildman–Crippen LogP) is 2.39. The number of hydrogen-bond acceptors (Lipinski definition) is 4. The summed E-state index contributed by atoms with van der Waals surface area (Å²) in [7, 11) is 0. The van der Waals surface area contributed by atoms with E-state index < -0.39 is 0 Å². The molecule has 1 aliphatic heterocycles. The SMILES string of the molecule is Nc1cc2c(cc1NC1CCCC1)OCCO2. The van der Waals surface area contributed by atoms with Gasteiger partial charge in [-0.1, -0.05) is 12.8 Å². The van der Waals surface area contributed by atoms with Gasteiger partial charge in [0.25, 0.3) is 0 Å². The van der Waals surface area contributed by atoms with Crippen molar-refractivity contribution in [3.8, 4) is 11.5 Å². The monoisotopic (exact) mass is 234 g/mol. The molecule has 3 rings (SSSR count). The minimum Gasteiger partial charge on any atom is -0.486 e. The molecule has 3 N–H and O–H groups in total. The number of ether oxygens (including phenoxy) is 2. The van der Waals surface area contributed by atoms with Gasteiger partial charge >= 0.3 is 0 Å². The number of anilines is 2. The number of nitrogens with one attached hydrogen (secondary N) is 1. The van der Waals surface area contributed by atoms with Crippen LogP contribution in [-0.4, -0.2) is 19.3 Å². The van der Waals surface area contributed by atoms with Crippen molar-refractivity contribution in [3.05, 3.63) is 12.1 Å². The van der Waals surface area contributed by atoms with Gasteiger partial charge in [0, 0.05) is 18.2 Å². The molecule has 4 nitrogen and oxygen atoms in total. The van der Waals surface area contributed by atoms with Crippen molar-refractivity contribution in [1.29, 1.82) is 0 Å². The average Bonchev–Trinajstić information content (AvgIpc) is 2.83. The molecule has 0 spiro atoms. The van der Waals surface area contributed by atoms with Gasteiger partial charge in [-0.05, 0) is 12.8 Å². The molecular weight excluding hydrogens is 216 g/mol. The fourth-order valence-corrected chi connectivity index (χ4v) is 2.52. The zero-order valence-electron chi connectivity index (χ0n) is 9.87. The van der Waals surface area contributed by atoms with Crippen molar-refractivity contribution in [2.75, 3.05) is 24.3 Å². The van der Waals surface area contributed by atoms with Gasteiger partial charge < -0.3 is 20.5 Å². The van der Waals surface area contributed by atoms with E-state index in [1.165, 1.54) is 25.7 Å². The predicted molar refractivity (Wildman–Crippen MR) is 67.7 cm³/mol. The highest BCUT2D eigenvalue weighted by Gasteiger charge is 2.18. The summed E-state index contributed by atoms with van der Waals surface area (Å²) in [6, 6.07) is 4.37. The zero-order valence-corrected chi connectivity index (χ0v) is 9.87. The molecule has 17 heavy (non-hydrogen) atoms.